The van der Waals surface area contributed by atoms with Crippen LogP contribution in [0.15, 0.2) is 36.8 Å². The molecule has 1 saturated carbocycles. The molecule has 1 amide bonds. The summed E-state index contributed by atoms with van der Waals surface area (Å²) in [4.78, 5) is 27.3. The topological polar surface area (TPSA) is 99.9 Å². The molecule has 1 aliphatic heterocycles. The number of rotatable bonds is 6. The molecule has 2 aliphatic rings. The zero-order valence-electron chi connectivity index (χ0n) is 16.9. The average molecular weight is 459 g/mol. The van der Waals surface area contributed by atoms with Crippen LogP contribution in [0.3, 0.4) is 0 Å². The number of benzene rings is 1. The van der Waals surface area contributed by atoms with E-state index in [4.69, 9.17) is 28.9 Å². The minimum absolute atomic E-state index is 0.0213. The molecule has 3 aromatic rings. The highest BCUT2D eigenvalue weighted by atomic mass is 35.5. The molecule has 31 heavy (non-hydrogen) atoms. The number of piperidine rings is 1. The van der Waals surface area contributed by atoms with Crippen LogP contribution in [0.25, 0.3) is 11.0 Å². The van der Waals surface area contributed by atoms with Gasteiger partial charge in [-0.05, 0) is 55.9 Å². The Labute approximate surface area is 190 Å². The van der Waals surface area contributed by atoms with Crippen LogP contribution in [0.1, 0.15) is 25.7 Å². The fourth-order valence-corrected chi connectivity index (χ4v) is 5.58. The van der Waals surface area contributed by atoms with Gasteiger partial charge in [-0.15, -0.1) is 0 Å². The number of hydrogen-bond acceptors (Lipinski definition) is 5. The number of aromatic nitrogens is 3. The lowest BCUT2D eigenvalue weighted by Gasteiger charge is -2.45. The molecule has 9 heteroatoms. The van der Waals surface area contributed by atoms with Crippen molar-refractivity contribution in [2.24, 2.45) is 17.6 Å². The van der Waals surface area contributed by atoms with Crippen molar-refractivity contribution in [2.45, 2.75) is 31.2 Å². The molecule has 0 bridgehead atoms. The Kier molecular flexibility index (Phi) is 5.18. The minimum Gasteiger partial charge on any atom is -0.371 e. The summed E-state index contributed by atoms with van der Waals surface area (Å²) in [5.41, 5.74) is 6.77. The van der Waals surface area contributed by atoms with Gasteiger partial charge in [-0.2, -0.15) is 0 Å². The Hall–Kier alpha value is -2.51. The third-order valence-electron chi connectivity index (χ3n) is 6.54. The van der Waals surface area contributed by atoms with E-state index < -0.39 is 5.54 Å². The molecule has 1 aromatic carbocycles. The highest BCUT2D eigenvalue weighted by Gasteiger charge is 2.55. The van der Waals surface area contributed by atoms with Crippen LogP contribution in [0.5, 0.6) is 0 Å². The first-order valence-corrected chi connectivity index (χ1v) is 11.3. The molecule has 1 aliphatic carbocycles. The number of nitrogens with two attached hydrogens (primary N) is 1. The number of aromatic amines is 1. The van der Waals surface area contributed by atoms with E-state index in [9.17, 15) is 4.79 Å². The Bertz CT molecular complexity index is 1110. The monoisotopic (exact) mass is 458 g/mol. The van der Waals surface area contributed by atoms with E-state index in [1.807, 2.05) is 12.3 Å². The molecule has 4 N–H and O–H groups in total. The van der Waals surface area contributed by atoms with Gasteiger partial charge in [0, 0.05) is 40.9 Å². The first kappa shape index (κ1) is 20.4. The number of nitrogens with zero attached hydrogens (tertiary/aromatic N) is 3. The number of carbonyl (C=O) groups excluding carboxylic acids is 1. The van der Waals surface area contributed by atoms with Crippen molar-refractivity contribution in [3.63, 3.8) is 0 Å². The second-order valence-corrected chi connectivity index (χ2v) is 9.39. The number of fused-ring (bicyclic) bond motifs is 1. The van der Waals surface area contributed by atoms with Gasteiger partial charge < -0.3 is 20.9 Å². The summed E-state index contributed by atoms with van der Waals surface area (Å²) >= 11 is 12.4. The smallest absolute Gasteiger partial charge is 0.243 e. The molecule has 7 nitrogen and oxygen atoms in total. The second kappa shape index (κ2) is 7.88. The largest absolute Gasteiger partial charge is 0.371 e. The van der Waals surface area contributed by atoms with Gasteiger partial charge >= 0.3 is 0 Å². The fourth-order valence-electron chi connectivity index (χ4n) is 5.06. The van der Waals surface area contributed by atoms with E-state index in [0.717, 1.165) is 54.8 Å². The number of primary amides is 1. The Balaban J connectivity index is 1.50. The fraction of sp³-hybridized carbons (Fsp3) is 0.409. The molecule has 1 saturated heterocycles. The van der Waals surface area contributed by atoms with Crippen LogP contribution in [-0.2, 0) is 4.79 Å². The molecule has 0 radical (unpaired) electrons. The van der Waals surface area contributed by atoms with Crippen molar-refractivity contribution < 1.29 is 4.79 Å². The van der Waals surface area contributed by atoms with Crippen LogP contribution in [-0.4, -0.2) is 39.5 Å². The van der Waals surface area contributed by atoms with Crippen LogP contribution >= 0.6 is 23.2 Å². The van der Waals surface area contributed by atoms with Gasteiger partial charge in [0.15, 0.2) is 0 Å². The minimum atomic E-state index is -0.864. The van der Waals surface area contributed by atoms with Gasteiger partial charge in [-0.3, -0.25) is 4.79 Å². The van der Waals surface area contributed by atoms with Gasteiger partial charge in [0.2, 0.25) is 5.91 Å². The van der Waals surface area contributed by atoms with Crippen LogP contribution < -0.4 is 16.0 Å². The van der Waals surface area contributed by atoms with Crippen LogP contribution in [0.4, 0.5) is 11.5 Å². The van der Waals surface area contributed by atoms with Crippen LogP contribution in [0, 0.1) is 11.8 Å². The maximum atomic E-state index is 13.0. The molecule has 0 spiro atoms. The predicted octanol–water partition coefficient (Wildman–Crippen LogP) is 4.23. The van der Waals surface area contributed by atoms with E-state index in [-0.39, 0.29) is 17.7 Å². The zero-order chi connectivity index (χ0) is 21.6. The number of nitrogens with one attached hydrogen (secondary N) is 2. The number of H-pyrrole nitrogens is 1. The number of carbonyl (C=O) groups is 1. The molecule has 162 valence electrons. The van der Waals surface area contributed by atoms with Gasteiger partial charge in [0.1, 0.15) is 23.3 Å². The van der Waals surface area contributed by atoms with E-state index in [1.165, 1.54) is 0 Å². The highest BCUT2D eigenvalue weighted by Crippen LogP contribution is 2.48. The SMILES string of the molecule is NC(=O)C(Nc1cc(Cl)cc(Cl)c1)(C1CC1)[C@@H]1CCCN(c2ncnc3[nH]ccc23)C1. The van der Waals surface area contributed by atoms with Gasteiger partial charge in [-0.1, -0.05) is 23.2 Å². The van der Waals surface area contributed by atoms with Crippen molar-refractivity contribution in [2.75, 3.05) is 23.3 Å². The van der Waals surface area contributed by atoms with E-state index in [1.54, 1.807) is 24.5 Å². The van der Waals surface area contributed by atoms with Crippen molar-refractivity contribution in [1.29, 1.82) is 0 Å². The zero-order valence-corrected chi connectivity index (χ0v) is 18.5. The first-order chi connectivity index (χ1) is 15.0. The molecule has 2 atom stereocenters. The number of amides is 1. The molecule has 3 heterocycles. The van der Waals surface area contributed by atoms with Gasteiger partial charge in [0.05, 0.1) is 5.39 Å². The highest BCUT2D eigenvalue weighted by molar-refractivity contribution is 6.35. The summed E-state index contributed by atoms with van der Waals surface area (Å²) in [6.07, 6.45) is 7.23. The van der Waals surface area contributed by atoms with E-state index in [0.29, 0.717) is 16.6 Å². The van der Waals surface area contributed by atoms with Gasteiger partial charge in [0.25, 0.3) is 0 Å². The average Bonchev–Trinajstić information content (AvgIpc) is 3.47. The summed E-state index contributed by atoms with van der Waals surface area (Å²) < 4.78 is 0. The Morgan fingerprint density at radius 2 is 1.94 bits per heavy atom. The summed E-state index contributed by atoms with van der Waals surface area (Å²) in [5.74, 6) is 0.765. The lowest BCUT2D eigenvalue weighted by atomic mass is 9.74. The lowest BCUT2D eigenvalue weighted by molar-refractivity contribution is -0.125. The number of halogens is 2. The first-order valence-electron chi connectivity index (χ1n) is 10.5. The van der Waals surface area contributed by atoms with Crippen molar-refractivity contribution in [3.05, 3.63) is 46.8 Å². The predicted molar refractivity (Wildman–Crippen MR) is 124 cm³/mol. The number of anilines is 2. The van der Waals surface area contributed by atoms with E-state index >= 15 is 0 Å². The maximum Gasteiger partial charge on any atom is 0.243 e. The van der Waals surface area contributed by atoms with Crippen LogP contribution in [0.2, 0.25) is 10.0 Å². The third-order valence-corrected chi connectivity index (χ3v) is 6.98. The van der Waals surface area contributed by atoms with Crippen molar-refractivity contribution >= 4 is 51.6 Å². The molecule has 2 fully saturated rings. The summed E-state index contributed by atoms with van der Waals surface area (Å²) in [5, 5.41) is 5.52. The molecule has 2 aromatic heterocycles. The lowest BCUT2D eigenvalue weighted by Crippen LogP contribution is -2.61. The normalized spacial score (nSPS) is 21.1. The Morgan fingerprint density at radius 3 is 2.65 bits per heavy atom. The van der Waals surface area contributed by atoms with Crippen molar-refractivity contribution in [3.8, 4) is 0 Å². The number of hydrogen-bond donors (Lipinski definition) is 3. The summed E-state index contributed by atoms with van der Waals surface area (Å²) in [6, 6.07) is 7.25. The standard InChI is InChI=1S/C22H24Cl2N6O/c23-15-8-16(24)10-17(9-15)29-22(21(25)31,13-3-4-13)14-2-1-7-30(11-14)20-18-5-6-26-19(18)27-12-28-20/h5-6,8-10,12-14,29H,1-4,7,11H2,(H2,25,31)(H,26,27,28)/t14-,22?/m1/s1. The van der Waals surface area contributed by atoms with Gasteiger partial charge in [-0.25, -0.2) is 9.97 Å². The molecular weight excluding hydrogens is 435 g/mol. The molecular formula is C22H24Cl2N6O. The third kappa shape index (κ3) is 3.70. The maximum absolute atomic E-state index is 13.0. The van der Waals surface area contributed by atoms with E-state index in [2.05, 4.69) is 25.2 Å². The summed E-state index contributed by atoms with van der Waals surface area (Å²) in [7, 11) is 0. The quantitative estimate of drug-likeness (QED) is 0.513. The Morgan fingerprint density at radius 1 is 1.16 bits per heavy atom. The van der Waals surface area contributed by atoms with Crippen molar-refractivity contribution in [1.82, 2.24) is 15.0 Å². The molecule has 1 unspecified atom stereocenters. The summed E-state index contributed by atoms with van der Waals surface area (Å²) in [6.45, 7) is 1.55. The second-order valence-electron chi connectivity index (χ2n) is 8.51. The molecule has 5 rings (SSSR count).